The van der Waals surface area contributed by atoms with Gasteiger partial charge < -0.3 is 10.0 Å². The van der Waals surface area contributed by atoms with Crippen LogP contribution in [0.2, 0.25) is 5.02 Å². The minimum absolute atomic E-state index is 0.441. The number of amides is 1. The van der Waals surface area contributed by atoms with Gasteiger partial charge in [-0.25, -0.2) is 0 Å². The van der Waals surface area contributed by atoms with E-state index < -0.39 is 47.7 Å². The van der Waals surface area contributed by atoms with Crippen molar-refractivity contribution >= 4 is 29.3 Å². The maximum atomic E-state index is 13.8. The molecule has 0 saturated heterocycles. The number of aryl methyl sites for hydroxylation is 1. The van der Waals surface area contributed by atoms with Crippen molar-refractivity contribution in [1.82, 2.24) is 9.58 Å². The van der Waals surface area contributed by atoms with Gasteiger partial charge in [0.1, 0.15) is 12.7 Å². The number of aromatic nitrogens is 1. The van der Waals surface area contributed by atoms with Crippen molar-refractivity contribution in [3.63, 3.8) is 0 Å². The monoisotopic (exact) mass is 535 g/mol. The fraction of sp³-hybridized carbons (Fsp3) is 0.280. The van der Waals surface area contributed by atoms with Gasteiger partial charge in [-0.1, -0.05) is 41.9 Å². The number of nitrogens with zero attached hydrogens (tertiary/aromatic N) is 3. The highest BCUT2D eigenvalue weighted by Gasteiger charge is 2.47. The number of pyridine rings is 1. The zero-order valence-electron chi connectivity index (χ0n) is 19.2. The number of carbonyl (C=O) groups is 1. The van der Waals surface area contributed by atoms with Crippen LogP contribution in [0.5, 0.6) is 5.75 Å². The molecule has 36 heavy (non-hydrogen) atoms. The maximum absolute atomic E-state index is 13.8. The largest absolute Gasteiger partial charge is 0.502 e. The number of fused-ring (bicyclic) bond motifs is 3. The SMILES string of the molecule is Cc1cccc2c1CSc1c(Cl)cccc1[C@@H]2N1CN([C@H](C)C(F)(F)F)C(=O)c2c(O)c(=O)ccn21. The molecule has 0 saturated carbocycles. The molecule has 0 spiro atoms. The van der Waals surface area contributed by atoms with E-state index in [2.05, 4.69) is 0 Å². The molecule has 188 valence electrons. The van der Waals surface area contributed by atoms with Gasteiger partial charge in [-0.15, -0.1) is 11.8 Å². The second-order valence-electron chi connectivity index (χ2n) is 8.79. The van der Waals surface area contributed by atoms with Gasteiger partial charge in [0.05, 0.1) is 11.1 Å². The lowest BCUT2D eigenvalue weighted by atomic mass is 9.92. The van der Waals surface area contributed by atoms with Crippen molar-refractivity contribution in [3.05, 3.63) is 91.9 Å². The molecule has 1 aromatic heterocycles. The Kier molecular flexibility index (Phi) is 5.99. The fourth-order valence-electron chi connectivity index (χ4n) is 4.74. The van der Waals surface area contributed by atoms with Crippen LogP contribution >= 0.6 is 23.4 Å². The minimum atomic E-state index is -4.72. The van der Waals surface area contributed by atoms with Crippen molar-refractivity contribution in [2.24, 2.45) is 0 Å². The average Bonchev–Trinajstić information content (AvgIpc) is 2.99. The summed E-state index contributed by atoms with van der Waals surface area (Å²) in [5.74, 6) is -1.39. The van der Waals surface area contributed by atoms with E-state index in [4.69, 9.17) is 11.6 Å². The standard InChI is InChI=1S/C25H21ClF3N3O3S/c1-13-5-3-6-15-17(13)11-36-23-16(7-4-8-18(23)26)20(15)32-12-30(14(2)25(27,28)29)24(35)21-22(34)19(33)9-10-31(21)32/h3-10,14,20,34H,11-12H2,1-2H3/t14-,20-/m1/s1. The molecule has 3 heterocycles. The molecule has 3 aromatic rings. The number of benzene rings is 2. The normalized spacial score (nSPS) is 18.3. The molecule has 1 amide bonds. The van der Waals surface area contributed by atoms with E-state index in [1.54, 1.807) is 17.1 Å². The minimum Gasteiger partial charge on any atom is -0.502 e. The predicted octanol–water partition coefficient (Wildman–Crippen LogP) is 5.21. The summed E-state index contributed by atoms with van der Waals surface area (Å²) in [4.78, 5) is 26.9. The molecule has 0 aliphatic carbocycles. The third-order valence-electron chi connectivity index (χ3n) is 6.72. The third kappa shape index (κ3) is 3.83. The second-order valence-corrected chi connectivity index (χ2v) is 10.2. The Bertz CT molecular complexity index is 1390. The molecular formula is C25H21ClF3N3O3S. The molecule has 6 nitrogen and oxygen atoms in total. The summed E-state index contributed by atoms with van der Waals surface area (Å²) in [5.41, 5.74) is 2.22. The zero-order chi connectivity index (χ0) is 25.9. The Morgan fingerprint density at radius 1 is 1.11 bits per heavy atom. The number of carbonyl (C=O) groups excluding carboxylic acids is 1. The van der Waals surface area contributed by atoms with E-state index in [-0.39, 0.29) is 0 Å². The van der Waals surface area contributed by atoms with E-state index >= 15 is 0 Å². The molecule has 0 bridgehead atoms. The molecule has 1 N–H and O–H groups in total. The first kappa shape index (κ1) is 24.6. The highest BCUT2D eigenvalue weighted by Crippen LogP contribution is 2.46. The van der Waals surface area contributed by atoms with Gasteiger partial charge >= 0.3 is 6.18 Å². The van der Waals surface area contributed by atoms with Gasteiger partial charge in [0.15, 0.2) is 11.4 Å². The van der Waals surface area contributed by atoms with Crippen LogP contribution in [0.4, 0.5) is 13.2 Å². The van der Waals surface area contributed by atoms with Gasteiger partial charge in [0.25, 0.3) is 5.91 Å². The molecule has 5 rings (SSSR count). The second kappa shape index (κ2) is 8.77. The van der Waals surface area contributed by atoms with Gasteiger partial charge in [-0.2, -0.15) is 13.2 Å². The first-order valence-corrected chi connectivity index (χ1v) is 12.5. The maximum Gasteiger partial charge on any atom is 0.408 e. The topological polar surface area (TPSA) is 65.8 Å². The van der Waals surface area contributed by atoms with E-state index in [0.717, 1.165) is 40.1 Å². The lowest BCUT2D eigenvalue weighted by Crippen LogP contribution is -2.60. The summed E-state index contributed by atoms with van der Waals surface area (Å²) in [6.07, 6.45) is -3.41. The number of thioether (sulfide) groups is 1. The Balaban J connectivity index is 1.81. The average molecular weight is 536 g/mol. The third-order valence-corrected chi connectivity index (χ3v) is 8.33. The van der Waals surface area contributed by atoms with Crippen LogP contribution in [-0.2, 0) is 5.75 Å². The first-order valence-electron chi connectivity index (χ1n) is 11.1. The molecule has 2 aliphatic heterocycles. The number of aromatic hydroxyl groups is 1. The van der Waals surface area contributed by atoms with Gasteiger partial charge in [0.2, 0.25) is 5.43 Å². The van der Waals surface area contributed by atoms with E-state index in [9.17, 15) is 27.9 Å². The Hall–Kier alpha value is -3.11. The van der Waals surface area contributed by atoms with Crippen LogP contribution in [-0.4, -0.2) is 39.5 Å². The van der Waals surface area contributed by atoms with Crippen LogP contribution in [0.3, 0.4) is 0 Å². The fourth-order valence-corrected chi connectivity index (χ4v) is 6.32. The number of hydrogen-bond acceptors (Lipinski definition) is 5. The number of rotatable bonds is 2. The van der Waals surface area contributed by atoms with Crippen molar-refractivity contribution in [3.8, 4) is 5.75 Å². The summed E-state index contributed by atoms with van der Waals surface area (Å²) in [5, 5.41) is 12.6. The van der Waals surface area contributed by atoms with Crippen LogP contribution in [0.15, 0.2) is 58.4 Å². The zero-order valence-corrected chi connectivity index (χ0v) is 20.8. The Morgan fingerprint density at radius 3 is 2.53 bits per heavy atom. The van der Waals surface area contributed by atoms with E-state index in [1.807, 2.05) is 31.2 Å². The highest BCUT2D eigenvalue weighted by molar-refractivity contribution is 7.98. The molecule has 0 fully saturated rings. The molecular weight excluding hydrogens is 515 g/mol. The van der Waals surface area contributed by atoms with E-state index in [0.29, 0.717) is 15.7 Å². The number of hydrogen-bond donors (Lipinski definition) is 1. The van der Waals surface area contributed by atoms with Crippen LogP contribution in [0.25, 0.3) is 0 Å². The molecule has 2 aromatic carbocycles. The Morgan fingerprint density at radius 2 is 1.81 bits per heavy atom. The summed E-state index contributed by atoms with van der Waals surface area (Å²) >= 11 is 8.10. The number of alkyl halides is 3. The summed E-state index contributed by atoms with van der Waals surface area (Å²) < 4.78 is 42.7. The van der Waals surface area contributed by atoms with Crippen molar-refractivity contribution in [2.75, 3.05) is 11.7 Å². The number of halogens is 4. The lowest BCUT2D eigenvalue weighted by molar-refractivity contribution is -0.173. The summed E-state index contributed by atoms with van der Waals surface area (Å²) in [6.45, 7) is 2.40. The smallest absolute Gasteiger partial charge is 0.408 e. The summed E-state index contributed by atoms with van der Waals surface area (Å²) in [6, 6.07) is 9.37. The first-order chi connectivity index (χ1) is 17.0. The van der Waals surface area contributed by atoms with Crippen molar-refractivity contribution in [1.29, 1.82) is 0 Å². The van der Waals surface area contributed by atoms with Crippen LogP contribution in [0.1, 0.15) is 45.7 Å². The molecule has 0 radical (unpaired) electrons. The predicted molar refractivity (Wildman–Crippen MR) is 131 cm³/mol. The Labute approximate surface area is 213 Å². The molecule has 11 heteroatoms. The summed E-state index contributed by atoms with van der Waals surface area (Å²) in [7, 11) is 0. The molecule has 2 aliphatic rings. The van der Waals surface area contributed by atoms with Crippen molar-refractivity contribution < 1.29 is 23.1 Å². The van der Waals surface area contributed by atoms with Crippen LogP contribution < -0.4 is 10.4 Å². The molecule has 2 atom stereocenters. The van der Waals surface area contributed by atoms with Gasteiger partial charge in [-0.05, 0) is 42.2 Å². The lowest BCUT2D eigenvalue weighted by Gasteiger charge is -2.46. The van der Waals surface area contributed by atoms with Gasteiger partial charge in [-0.3, -0.25) is 19.3 Å². The van der Waals surface area contributed by atoms with Crippen molar-refractivity contribution in [2.45, 2.75) is 42.8 Å². The van der Waals surface area contributed by atoms with Gasteiger partial charge in [0, 0.05) is 22.9 Å². The van der Waals surface area contributed by atoms with Crippen LogP contribution in [0, 0.1) is 6.92 Å². The quantitative estimate of drug-likeness (QED) is 0.488. The highest BCUT2D eigenvalue weighted by atomic mass is 35.5. The molecule has 0 unspecified atom stereocenters. The van der Waals surface area contributed by atoms with E-state index in [1.165, 1.54) is 22.6 Å².